The van der Waals surface area contributed by atoms with Crippen molar-refractivity contribution in [2.24, 2.45) is 5.73 Å². The van der Waals surface area contributed by atoms with Gasteiger partial charge in [-0.05, 0) is 32.3 Å². The van der Waals surface area contributed by atoms with Crippen molar-refractivity contribution in [3.63, 3.8) is 0 Å². The molecule has 0 spiro atoms. The van der Waals surface area contributed by atoms with Gasteiger partial charge in [0.2, 0.25) is 0 Å². The van der Waals surface area contributed by atoms with E-state index in [4.69, 9.17) is 27.4 Å². The molecule has 0 atom stereocenters. The molecule has 0 fully saturated rings. The quantitative estimate of drug-likeness (QED) is 0.775. The molecule has 17 heavy (non-hydrogen) atoms. The van der Waals surface area contributed by atoms with E-state index in [0.717, 1.165) is 12.1 Å². The minimum atomic E-state index is 0.352. The van der Waals surface area contributed by atoms with Crippen LogP contribution < -0.4 is 15.2 Å². The Kier molecular flexibility index (Phi) is 5.18. The second-order valence-corrected chi connectivity index (χ2v) is 4.32. The number of nitrogens with two attached hydrogens (primary N) is 1. The van der Waals surface area contributed by atoms with Crippen molar-refractivity contribution < 1.29 is 9.47 Å². The number of methoxy groups -OCH3 is 1. The topological polar surface area (TPSA) is 47.7 Å². The lowest BCUT2D eigenvalue weighted by Gasteiger charge is -2.14. The van der Waals surface area contributed by atoms with Gasteiger partial charge in [0, 0.05) is 12.1 Å². The third-order valence-corrected chi connectivity index (χ3v) is 2.48. The number of rotatable bonds is 6. The Bertz CT molecular complexity index is 394. The fourth-order valence-corrected chi connectivity index (χ4v) is 1.41. The molecule has 0 saturated heterocycles. The zero-order chi connectivity index (χ0) is 12.8. The van der Waals surface area contributed by atoms with Crippen LogP contribution >= 0.6 is 12.2 Å². The van der Waals surface area contributed by atoms with Crippen LogP contribution in [0.15, 0.2) is 18.2 Å². The number of thiocarbonyl (C=S) groups is 1. The van der Waals surface area contributed by atoms with Crippen LogP contribution in [0.25, 0.3) is 0 Å². The predicted octanol–water partition coefficient (Wildman–Crippen LogP) is 1.27. The molecule has 0 amide bonds. The molecule has 0 aliphatic rings. The Morgan fingerprint density at radius 3 is 2.59 bits per heavy atom. The van der Waals surface area contributed by atoms with E-state index in [1.54, 1.807) is 19.2 Å². The van der Waals surface area contributed by atoms with E-state index in [9.17, 15) is 0 Å². The van der Waals surface area contributed by atoms with Crippen molar-refractivity contribution in [1.82, 2.24) is 4.90 Å². The summed E-state index contributed by atoms with van der Waals surface area (Å²) in [5.41, 5.74) is 6.36. The average Bonchev–Trinajstić information content (AvgIpc) is 2.28. The van der Waals surface area contributed by atoms with Crippen molar-refractivity contribution in [1.29, 1.82) is 0 Å². The van der Waals surface area contributed by atoms with Crippen LogP contribution in [0.2, 0.25) is 0 Å². The van der Waals surface area contributed by atoms with Crippen LogP contribution in [-0.4, -0.2) is 44.2 Å². The molecule has 1 aromatic rings. The van der Waals surface area contributed by atoms with Crippen molar-refractivity contribution in [3.05, 3.63) is 23.8 Å². The van der Waals surface area contributed by atoms with Gasteiger partial charge < -0.3 is 20.1 Å². The van der Waals surface area contributed by atoms with Gasteiger partial charge in [-0.2, -0.15) is 0 Å². The van der Waals surface area contributed by atoms with E-state index in [2.05, 4.69) is 0 Å². The highest BCUT2D eigenvalue weighted by atomic mass is 32.1. The maximum absolute atomic E-state index is 5.65. The summed E-state index contributed by atoms with van der Waals surface area (Å²) in [7, 11) is 5.59. The summed E-state index contributed by atoms with van der Waals surface area (Å²) in [6.45, 7) is 1.42. The first-order chi connectivity index (χ1) is 8.04. The number of benzene rings is 1. The number of hydrogen-bond acceptors (Lipinski definition) is 4. The maximum Gasteiger partial charge on any atom is 0.161 e. The number of hydrogen-bond donors (Lipinski definition) is 1. The van der Waals surface area contributed by atoms with Gasteiger partial charge in [-0.25, -0.2) is 0 Å². The van der Waals surface area contributed by atoms with Gasteiger partial charge in [-0.3, -0.25) is 0 Å². The van der Waals surface area contributed by atoms with Crippen molar-refractivity contribution in [2.75, 3.05) is 34.4 Å². The fourth-order valence-electron chi connectivity index (χ4n) is 1.28. The molecule has 0 unspecified atom stereocenters. The fraction of sp³-hybridized carbons (Fsp3) is 0.417. The van der Waals surface area contributed by atoms with E-state index in [0.29, 0.717) is 23.1 Å². The van der Waals surface area contributed by atoms with Crippen LogP contribution in [0, 0.1) is 0 Å². The summed E-state index contributed by atoms with van der Waals surface area (Å²) in [6.07, 6.45) is 0. The summed E-state index contributed by atoms with van der Waals surface area (Å²) in [6, 6.07) is 5.43. The molecule has 2 N–H and O–H groups in total. The molecule has 4 nitrogen and oxygen atoms in total. The minimum absolute atomic E-state index is 0.352. The zero-order valence-corrected chi connectivity index (χ0v) is 11.2. The van der Waals surface area contributed by atoms with Gasteiger partial charge >= 0.3 is 0 Å². The van der Waals surface area contributed by atoms with Crippen LogP contribution in [0.5, 0.6) is 11.5 Å². The molecule has 94 valence electrons. The van der Waals surface area contributed by atoms with Gasteiger partial charge in [0.05, 0.1) is 7.11 Å². The molecule has 0 heterocycles. The number of likely N-dealkylation sites (N-methyl/N-ethyl adjacent to an activating group) is 1. The average molecular weight is 254 g/mol. The number of ether oxygens (including phenoxy) is 2. The summed E-state index contributed by atoms with van der Waals surface area (Å²) in [5.74, 6) is 1.35. The van der Waals surface area contributed by atoms with E-state index < -0.39 is 0 Å². The SMILES string of the molecule is COc1ccc(C(N)=S)cc1OCCN(C)C. The summed E-state index contributed by atoms with van der Waals surface area (Å²) >= 11 is 4.93. The Labute approximate surface area is 107 Å². The normalized spacial score (nSPS) is 10.4. The number of nitrogens with zero attached hydrogens (tertiary/aromatic N) is 1. The first kappa shape index (κ1) is 13.7. The zero-order valence-electron chi connectivity index (χ0n) is 10.4. The first-order valence-electron chi connectivity index (χ1n) is 5.30. The highest BCUT2D eigenvalue weighted by Gasteiger charge is 2.07. The monoisotopic (exact) mass is 254 g/mol. The van der Waals surface area contributed by atoms with Crippen LogP contribution in [-0.2, 0) is 0 Å². The molecular formula is C12H18N2O2S. The molecule has 0 aliphatic heterocycles. The van der Waals surface area contributed by atoms with Gasteiger partial charge in [0.15, 0.2) is 11.5 Å². The van der Waals surface area contributed by atoms with Gasteiger partial charge in [-0.1, -0.05) is 12.2 Å². The molecular weight excluding hydrogens is 236 g/mol. The van der Waals surface area contributed by atoms with Crippen LogP contribution in [0.3, 0.4) is 0 Å². The Hall–Kier alpha value is -1.33. The van der Waals surface area contributed by atoms with Gasteiger partial charge in [0.1, 0.15) is 11.6 Å². The van der Waals surface area contributed by atoms with Crippen molar-refractivity contribution in [3.8, 4) is 11.5 Å². The molecule has 1 rings (SSSR count). The molecule has 5 heteroatoms. The largest absolute Gasteiger partial charge is 0.493 e. The first-order valence-corrected chi connectivity index (χ1v) is 5.70. The standard InChI is InChI=1S/C12H18N2O2S/c1-14(2)6-7-16-11-8-9(12(13)17)4-5-10(11)15-3/h4-5,8H,6-7H2,1-3H3,(H2,13,17). The van der Waals surface area contributed by atoms with Crippen LogP contribution in [0.1, 0.15) is 5.56 Å². The second-order valence-electron chi connectivity index (χ2n) is 3.88. The predicted molar refractivity (Wildman–Crippen MR) is 72.9 cm³/mol. The smallest absolute Gasteiger partial charge is 0.161 e. The van der Waals surface area contributed by atoms with E-state index in [-0.39, 0.29) is 0 Å². The Morgan fingerprint density at radius 1 is 1.35 bits per heavy atom. The maximum atomic E-state index is 5.65. The lowest BCUT2D eigenvalue weighted by atomic mass is 10.2. The summed E-state index contributed by atoms with van der Waals surface area (Å²) in [4.78, 5) is 2.40. The third-order valence-electron chi connectivity index (χ3n) is 2.24. The molecule has 0 bridgehead atoms. The molecule has 1 aromatic carbocycles. The van der Waals surface area contributed by atoms with Gasteiger partial charge in [0.25, 0.3) is 0 Å². The highest BCUT2D eigenvalue weighted by molar-refractivity contribution is 7.80. The summed E-state index contributed by atoms with van der Waals surface area (Å²) in [5, 5.41) is 0. The Morgan fingerprint density at radius 2 is 2.06 bits per heavy atom. The molecule has 0 saturated carbocycles. The lowest BCUT2D eigenvalue weighted by Crippen LogP contribution is -2.19. The lowest BCUT2D eigenvalue weighted by molar-refractivity contribution is 0.250. The van der Waals surface area contributed by atoms with Crippen LogP contribution in [0.4, 0.5) is 0 Å². The van der Waals surface area contributed by atoms with E-state index >= 15 is 0 Å². The van der Waals surface area contributed by atoms with Crippen molar-refractivity contribution in [2.45, 2.75) is 0 Å². The third kappa shape index (κ3) is 4.20. The summed E-state index contributed by atoms with van der Waals surface area (Å²) < 4.78 is 10.9. The molecule has 0 radical (unpaired) electrons. The van der Waals surface area contributed by atoms with E-state index in [1.165, 1.54) is 0 Å². The minimum Gasteiger partial charge on any atom is -0.493 e. The molecule has 0 aromatic heterocycles. The van der Waals surface area contributed by atoms with Gasteiger partial charge in [-0.15, -0.1) is 0 Å². The second kappa shape index (κ2) is 6.42. The molecule has 0 aliphatic carbocycles. The van der Waals surface area contributed by atoms with E-state index in [1.807, 2.05) is 25.1 Å². The van der Waals surface area contributed by atoms with Crippen molar-refractivity contribution >= 4 is 17.2 Å². The Balaban J connectivity index is 2.79. The highest BCUT2D eigenvalue weighted by Crippen LogP contribution is 2.27.